The number of rotatable bonds is 3. The molecule has 1 N–H and O–H groups in total. The molecule has 0 saturated carbocycles. The summed E-state index contributed by atoms with van der Waals surface area (Å²) in [6.45, 7) is 7.30. The number of amides is 1. The second-order valence-corrected chi connectivity index (χ2v) is 5.20. The van der Waals surface area contributed by atoms with Crippen LogP contribution in [0, 0.1) is 0 Å². The first-order valence-corrected chi connectivity index (χ1v) is 6.55. The molecule has 0 bridgehead atoms. The largest absolute Gasteiger partial charge is 0.351 e. The highest BCUT2D eigenvalue weighted by Gasteiger charge is 2.24. The lowest BCUT2D eigenvalue weighted by molar-refractivity contribution is 0.0939. The average Bonchev–Trinajstić information content (AvgIpc) is 2.32. The van der Waals surface area contributed by atoms with Gasteiger partial charge in [0.05, 0.1) is 0 Å². The van der Waals surface area contributed by atoms with Crippen LogP contribution in [0.15, 0.2) is 18.2 Å². The van der Waals surface area contributed by atoms with E-state index in [9.17, 15) is 4.79 Å². The number of carbonyl (C=O) groups is 1. The van der Waals surface area contributed by atoms with Crippen molar-refractivity contribution in [2.24, 2.45) is 0 Å². The molecule has 2 heteroatoms. The minimum Gasteiger partial charge on any atom is -0.351 e. The van der Waals surface area contributed by atoms with Crippen LogP contribution in [-0.2, 0) is 0 Å². The van der Waals surface area contributed by atoms with Crippen molar-refractivity contribution in [2.75, 3.05) is 6.54 Å². The molecule has 1 amide bonds. The van der Waals surface area contributed by atoms with Gasteiger partial charge in [-0.1, -0.05) is 39.3 Å². The summed E-state index contributed by atoms with van der Waals surface area (Å²) in [4.78, 5) is 11.9. The third kappa shape index (κ3) is 2.36. The molecule has 2 rings (SSSR count). The predicted octanol–water partition coefficient (Wildman–Crippen LogP) is 3.44. The molecule has 1 aliphatic rings. The van der Waals surface area contributed by atoms with E-state index >= 15 is 0 Å². The fraction of sp³-hybridized carbons (Fsp3) is 0.533. The SMILES string of the molecule is CCCC1CNC(=O)c2cc(C(C)C)ccc21. The fourth-order valence-corrected chi connectivity index (χ4v) is 2.51. The minimum atomic E-state index is 0.0925. The summed E-state index contributed by atoms with van der Waals surface area (Å²) in [5.74, 6) is 1.06. The molecule has 1 unspecified atom stereocenters. The van der Waals surface area contributed by atoms with E-state index in [-0.39, 0.29) is 5.91 Å². The highest BCUT2D eigenvalue weighted by molar-refractivity contribution is 5.97. The summed E-state index contributed by atoms with van der Waals surface area (Å²) in [5, 5.41) is 3.00. The standard InChI is InChI=1S/C15H21NO/c1-4-5-12-9-16-15(17)14-8-11(10(2)3)6-7-13(12)14/h6-8,10,12H,4-5,9H2,1-3H3,(H,16,17). The molecule has 2 nitrogen and oxygen atoms in total. The van der Waals surface area contributed by atoms with Gasteiger partial charge in [0.25, 0.3) is 5.91 Å². The zero-order valence-corrected chi connectivity index (χ0v) is 10.9. The smallest absolute Gasteiger partial charge is 0.251 e. The van der Waals surface area contributed by atoms with Crippen LogP contribution in [0.1, 0.15) is 66.9 Å². The zero-order valence-electron chi connectivity index (χ0n) is 10.9. The lowest BCUT2D eigenvalue weighted by Gasteiger charge is -2.26. The number of benzene rings is 1. The van der Waals surface area contributed by atoms with E-state index < -0.39 is 0 Å². The topological polar surface area (TPSA) is 29.1 Å². The van der Waals surface area contributed by atoms with Crippen molar-refractivity contribution in [1.29, 1.82) is 0 Å². The van der Waals surface area contributed by atoms with Crippen molar-refractivity contribution in [3.05, 3.63) is 34.9 Å². The Hall–Kier alpha value is -1.31. The Labute approximate surface area is 103 Å². The van der Waals surface area contributed by atoms with Crippen molar-refractivity contribution in [1.82, 2.24) is 5.32 Å². The van der Waals surface area contributed by atoms with Crippen LogP contribution < -0.4 is 5.32 Å². The van der Waals surface area contributed by atoms with E-state index in [0.717, 1.165) is 24.9 Å². The molecule has 0 aromatic heterocycles. The summed E-state index contributed by atoms with van der Waals surface area (Å²) < 4.78 is 0. The van der Waals surface area contributed by atoms with Crippen LogP contribution >= 0.6 is 0 Å². The Bertz CT molecular complexity index is 423. The monoisotopic (exact) mass is 231 g/mol. The Morgan fingerprint density at radius 1 is 1.41 bits per heavy atom. The molecule has 0 spiro atoms. The lowest BCUT2D eigenvalue weighted by atomic mass is 9.85. The van der Waals surface area contributed by atoms with Crippen LogP contribution in [0.5, 0.6) is 0 Å². The molecule has 1 heterocycles. The molecule has 1 aromatic rings. The first-order chi connectivity index (χ1) is 8.13. The second kappa shape index (κ2) is 4.91. The molecule has 0 aliphatic carbocycles. The Balaban J connectivity index is 2.40. The molecule has 17 heavy (non-hydrogen) atoms. The first-order valence-electron chi connectivity index (χ1n) is 6.55. The number of hydrogen-bond donors (Lipinski definition) is 1. The minimum absolute atomic E-state index is 0.0925. The van der Waals surface area contributed by atoms with E-state index in [1.54, 1.807) is 0 Å². The van der Waals surface area contributed by atoms with Gasteiger partial charge in [0.15, 0.2) is 0 Å². The third-order valence-corrected chi connectivity index (χ3v) is 3.57. The van der Waals surface area contributed by atoms with Gasteiger partial charge < -0.3 is 5.32 Å². The zero-order chi connectivity index (χ0) is 12.4. The Morgan fingerprint density at radius 3 is 2.82 bits per heavy atom. The predicted molar refractivity (Wildman–Crippen MR) is 70.5 cm³/mol. The van der Waals surface area contributed by atoms with E-state index in [1.165, 1.54) is 11.1 Å². The van der Waals surface area contributed by atoms with Crippen LogP contribution in [0.3, 0.4) is 0 Å². The van der Waals surface area contributed by atoms with Gasteiger partial charge in [0.2, 0.25) is 0 Å². The lowest BCUT2D eigenvalue weighted by Crippen LogP contribution is -2.35. The third-order valence-electron chi connectivity index (χ3n) is 3.57. The molecule has 1 aliphatic heterocycles. The number of fused-ring (bicyclic) bond motifs is 1. The van der Waals surface area contributed by atoms with Gasteiger partial charge in [-0.25, -0.2) is 0 Å². The number of nitrogens with one attached hydrogen (secondary N) is 1. The van der Waals surface area contributed by atoms with Gasteiger partial charge in [-0.2, -0.15) is 0 Å². The van der Waals surface area contributed by atoms with E-state index in [1.807, 2.05) is 0 Å². The van der Waals surface area contributed by atoms with Gasteiger partial charge in [-0.05, 0) is 29.5 Å². The molecule has 1 aromatic carbocycles. The van der Waals surface area contributed by atoms with Gasteiger partial charge >= 0.3 is 0 Å². The highest BCUT2D eigenvalue weighted by Crippen LogP contribution is 2.30. The second-order valence-electron chi connectivity index (χ2n) is 5.20. The summed E-state index contributed by atoms with van der Waals surface area (Å²) in [6, 6.07) is 6.39. The summed E-state index contributed by atoms with van der Waals surface area (Å²) in [6.07, 6.45) is 2.31. The number of hydrogen-bond acceptors (Lipinski definition) is 1. The maximum atomic E-state index is 11.9. The molecule has 0 saturated heterocycles. The van der Waals surface area contributed by atoms with E-state index in [4.69, 9.17) is 0 Å². The molecule has 1 atom stereocenters. The van der Waals surface area contributed by atoms with Gasteiger partial charge in [0.1, 0.15) is 0 Å². The van der Waals surface area contributed by atoms with Crippen molar-refractivity contribution >= 4 is 5.91 Å². The maximum Gasteiger partial charge on any atom is 0.251 e. The van der Waals surface area contributed by atoms with Crippen LogP contribution in [0.25, 0.3) is 0 Å². The first kappa shape index (κ1) is 12.2. The quantitative estimate of drug-likeness (QED) is 0.848. The Morgan fingerprint density at radius 2 is 2.18 bits per heavy atom. The van der Waals surface area contributed by atoms with Gasteiger partial charge in [-0.3, -0.25) is 4.79 Å². The number of carbonyl (C=O) groups excluding carboxylic acids is 1. The fourth-order valence-electron chi connectivity index (χ4n) is 2.51. The summed E-state index contributed by atoms with van der Waals surface area (Å²) >= 11 is 0. The van der Waals surface area contributed by atoms with Crippen molar-refractivity contribution in [3.63, 3.8) is 0 Å². The molecule has 0 fully saturated rings. The normalized spacial score (nSPS) is 19.1. The summed E-state index contributed by atoms with van der Waals surface area (Å²) in [5.41, 5.74) is 3.37. The van der Waals surface area contributed by atoms with Gasteiger partial charge in [0, 0.05) is 18.0 Å². The van der Waals surface area contributed by atoms with Crippen molar-refractivity contribution in [3.8, 4) is 0 Å². The molecular weight excluding hydrogens is 210 g/mol. The molecule has 92 valence electrons. The van der Waals surface area contributed by atoms with E-state index in [0.29, 0.717) is 11.8 Å². The van der Waals surface area contributed by atoms with Crippen molar-refractivity contribution in [2.45, 2.75) is 45.4 Å². The molecule has 0 radical (unpaired) electrons. The summed E-state index contributed by atoms with van der Waals surface area (Å²) in [7, 11) is 0. The molecular formula is C15H21NO. The maximum absolute atomic E-state index is 11.9. The highest BCUT2D eigenvalue weighted by atomic mass is 16.1. The average molecular weight is 231 g/mol. The van der Waals surface area contributed by atoms with Crippen LogP contribution in [-0.4, -0.2) is 12.5 Å². The Kier molecular flexibility index (Phi) is 3.51. The van der Waals surface area contributed by atoms with Crippen LogP contribution in [0.4, 0.5) is 0 Å². The van der Waals surface area contributed by atoms with E-state index in [2.05, 4.69) is 44.3 Å². The van der Waals surface area contributed by atoms with Gasteiger partial charge in [-0.15, -0.1) is 0 Å². The van der Waals surface area contributed by atoms with Crippen molar-refractivity contribution < 1.29 is 4.79 Å². The van der Waals surface area contributed by atoms with Crippen LogP contribution in [0.2, 0.25) is 0 Å².